The molecule has 0 saturated carbocycles. The van der Waals surface area contributed by atoms with E-state index in [1.165, 1.54) is 24.0 Å². The predicted molar refractivity (Wildman–Crippen MR) is 84.4 cm³/mol. The van der Waals surface area contributed by atoms with E-state index in [2.05, 4.69) is 38.2 Å². The Morgan fingerprint density at radius 2 is 2.00 bits per heavy atom. The van der Waals surface area contributed by atoms with Gasteiger partial charge in [-0.1, -0.05) is 13.0 Å². The number of phenolic OH excluding ortho intramolecular Hbond substituents is 1. The highest BCUT2D eigenvalue weighted by molar-refractivity contribution is 5.50. The molecule has 2 unspecified atom stereocenters. The van der Waals surface area contributed by atoms with Crippen molar-refractivity contribution < 1.29 is 5.11 Å². The summed E-state index contributed by atoms with van der Waals surface area (Å²) in [4.78, 5) is 2.22. The zero-order valence-electron chi connectivity index (χ0n) is 13.2. The second-order valence-electron chi connectivity index (χ2n) is 6.38. The largest absolute Gasteiger partial charge is 0.508 e. The molecule has 2 atom stereocenters. The normalized spacial score (nSPS) is 21.4. The summed E-state index contributed by atoms with van der Waals surface area (Å²) in [6.45, 7) is 6.58. The van der Waals surface area contributed by atoms with Crippen LogP contribution in [0.4, 0.5) is 0 Å². The molecule has 20 heavy (non-hydrogen) atoms. The number of unbranched alkanes of at least 4 members (excludes halogenated alkanes) is 1. The number of hydrogen-bond acceptors (Lipinski definition) is 3. The number of nitrogens with zero attached hydrogens (tertiary/aromatic N) is 1. The van der Waals surface area contributed by atoms with Crippen molar-refractivity contribution in [2.45, 2.75) is 45.1 Å². The fourth-order valence-corrected chi connectivity index (χ4v) is 3.36. The van der Waals surface area contributed by atoms with Crippen molar-refractivity contribution in [1.29, 1.82) is 0 Å². The quantitative estimate of drug-likeness (QED) is 0.783. The van der Waals surface area contributed by atoms with Gasteiger partial charge in [0.15, 0.2) is 0 Å². The van der Waals surface area contributed by atoms with Crippen molar-refractivity contribution in [3.05, 3.63) is 28.8 Å². The van der Waals surface area contributed by atoms with Gasteiger partial charge in [0.1, 0.15) is 5.75 Å². The molecule has 0 heterocycles. The van der Waals surface area contributed by atoms with Crippen molar-refractivity contribution in [1.82, 2.24) is 10.2 Å². The Morgan fingerprint density at radius 1 is 1.25 bits per heavy atom. The lowest BCUT2D eigenvalue weighted by Gasteiger charge is -2.16. The molecule has 0 saturated heterocycles. The first-order valence-corrected chi connectivity index (χ1v) is 7.71. The number of benzene rings is 1. The van der Waals surface area contributed by atoms with Crippen molar-refractivity contribution >= 4 is 0 Å². The first kappa shape index (κ1) is 15.3. The van der Waals surface area contributed by atoms with E-state index in [0.29, 0.717) is 17.7 Å². The summed E-state index contributed by atoms with van der Waals surface area (Å²) in [7, 11) is 4.23. The fourth-order valence-electron chi connectivity index (χ4n) is 3.36. The van der Waals surface area contributed by atoms with Crippen LogP contribution >= 0.6 is 0 Å². The Balaban J connectivity index is 1.95. The maximum atomic E-state index is 10.2. The molecule has 2 rings (SSSR count). The van der Waals surface area contributed by atoms with Crippen molar-refractivity contribution in [3.63, 3.8) is 0 Å². The number of aryl methyl sites for hydroxylation is 1. The third-order valence-corrected chi connectivity index (χ3v) is 4.34. The number of hydrogen-bond donors (Lipinski definition) is 2. The molecule has 1 aliphatic carbocycles. The third-order valence-electron chi connectivity index (χ3n) is 4.34. The molecule has 0 amide bonds. The van der Waals surface area contributed by atoms with Crippen LogP contribution in [-0.2, 0) is 0 Å². The van der Waals surface area contributed by atoms with Gasteiger partial charge in [0.2, 0.25) is 0 Å². The van der Waals surface area contributed by atoms with Crippen LogP contribution in [0.3, 0.4) is 0 Å². The molecule has 0 fully saturated rings. The van der Waals surface area contributed by atoms with Gasteiger partial charge in [0, 0.05) is 11.6 Å². The molecule has 2 N–H and O–H groups in total. The van der Waals surface area contributed by atoms with Crippen LogP contribution in [-0.4, -0.2) is 37.2 Å². The van der Waals surface area contributed by atoms with Gasteiger partial charge in [-0.3, -0.25) is 0 Å². The zero-order chi connectivity index (χ0) is 14.7. The maximum absolute atomic E-state index is 10.2. The van der Waals surface area contributed by atoms with Gasteiger partial charge in [0.05, 0.1) is 0 Å². The SMILES string of the molecule is Cc1ccc(O)c2c1C(C)CC2NCCCCN(C)C. The number of rotatable bonds is 6. The Labute approximate surface area is 123 Å². The van der Waals surface area contributed by atoms with Crippen LogP contribution in [0.25, 0.3) is 0 Å². The van der Waals surface area contributed by atoms with E-state index in [1.807, 2.05) is 12.1 Å². The molecule has 1 aliphatic rings. The number of fused-ring (bicyclic) bond motifs is 1. The highest BCUT2D eigenvalue weighted by atomic mass is 16.3. The molecule has 0 aromatic heterocycles. The number of nitrogens with one attached hydrogen (secondary N) is 1. The minimum atomic E-state index is 0.319. The van der Waals surface area contributed by atoms with E-state index in [9.17, 15) is 5.11 Å². The van der Waals surface area contributed by atoms with Gasteiger partial charge in [-0.15, -0.1) is 0 Å². The molecule has 1 aromatic rings. The van der Waals surface area contributed by atoms with Crippen LogP contribution in [0.2, 0.25) is 0 Å². The lowest BCUT2D eigenvalue weighted by Crippen LogP contribution is -2.22. The lowest BCUT2D eigenvalue weighted by atomic mass is 9.97. The molecule has 3 nitrogen and oxygen atoms in total. The van der Waals surface area contributed by atoms with Crippen molar-refractivity contribution in [2.24, 2.45) is 0 Å². The molecule has 0 aliphatic heterocycles. The second-order valence-corrected chi connectivity index (χ2v) is 6.38. The van der Waals surface area contributed by atoms with Gasteiger partial charge in [-0.25, -0.2) is 0 Å². The van der Waals surface area contributed by atoms with E-state index in [1.54, 1.807) is 0 Å². The molecule has 112 valence electrons. The standard InChI is InChI=1S/C17H28N2O/c1-12-7-8-15(20)17-14(11-13(2)16(12)17)18-9-5-6-10-19(3)4/h7-8,13-14,18,20H,5-6,9-11H2,1-4H3. The topological polar surface area (TPSA) is 35.5 Å². The van der Waals surface area contributed by atoms with Gasteiger partial charge < -0.3 is 15.3 Å². The molecule has 3 heteroatoms. The summed E-state index contributed by atoms with van der Waals surface area (Å²) in [6.07, 6.45) is 3.50. The Hall–Kier alpha value is -1.06. The highest BCUT2D eigenvalue weighted by Crippen LogP contribution is 2.45. The second kappa shape index (κ2) is 6.59. The lowest BCUT2D eigenvalue weighted by molar-refractivity contribution is 0.385. The summed E-state index contributed by atoms with van der Waals surface area (Å²) in [5, 5.41) is 13.8. The average molecular weight is 276 g/mol. The van der Waals surface area contributed by atoms with Gasteiger partial charge in [-0.05, 0) is 76.5 Å². The summed E-state index contributed by atoms with van der Waals surface area (Å²) in [5.74, 6) is 0.997. The molecule has 0 spiro atoms. The fraction of sp³-hybridized carbons (Fsp3) is 0.647. The van der Waals surface area contributed by atoms with Crippen LogP contribution in [0.5, 0.6) is 5.75 Å². The van der Waals surface area contributed by atoms with Gasteiger partial charge >= 0.3 is 0 Å². The van der Waals surface area contributed by atoms with E-state index < -0.39 is 0 Å². The maximum Gasteiger partial charge on any atom is 0.120 e. The van der Waals surface area contributed by atoms with Crippen LogP contribution in [0.1, 0.15) is 54.8 Å². The predicted octanol–water partition coefficient (Wildman–Crippen LogP) is 3.18. The summed E-state index contributed by atoms with van der Waals surface area (Å²) < 4.78 is 0. The minimum Gasteiger partial charge on any atom is -0.508 e. The van der Waals surface area contributed by atoms with Crippen molar-refractivity contribution in [3.8, 4) is 5.75 Å². The highest BCUT2D eigenvalue weighted by Gasteiger charge is 2.31. The monoisotopic (exact) mass is 276 g/mol. The first-order valence-electron chi connectivity index (χ1n) is 7.71. The van der Waals surface area contributed by atoms with E-state index in [-0.39, 0.29) is 0 Å². The molecular formula is C17H28N2O. The van der Waals surface area contributed by atoms with Crippen molar-refractivity contribution in [2.75, 3.05) is 27.2 Å². The van der Waals surface area contributed by atoms with Crippen LogP contribution in [0.15, 0.2) is 12.1 Å². The van der Waals surface area contributed by atoms with Gasteiger partial charge in [-0.2, -0.15) is 0 Å². The van der Waals surface area contributed by atoms with Gasteiger partial charge in [0.25, 0.3) is 0 Å². The number of phenols is 1. The van der Waals surface area contributed by atoms with Crippen LogP contribution in [0, 0.1) is 6.92 Å². The third kappa shape index (κ3) is 3.33. The average Bonchev–Trinajstić information content (AvgIpc) is 2.71. The minimum absolute atomic E-state index is 0.319. The number of aromatic hydroxyl groups is 1. The van der Waals surface area contributed by atoms with E-state index in [0.717, 1.165) is 25.1 Å². The Morgan fingerprint density at radius 3 is 2.70 bits per heavy atom. The zero-order valence-corrected chi connectivity index (χ0v) is 13.2. The summed E-state index contributed by atoms with van der Waals surface area (Å²) in [6, 6.07) is 4.19. The van der Waals surface area contributed by atoms with Crippen LogP contribution < -0.4 is 5.32 Å². The molecule has 0 radical (unpaired) electrons. The van der Waals surface area contributed by atoms with E-state index in [4.69, 9.17) is 0 Å². The summed E-state index contributed by atoms with van der Waals surface area (Å²) >= 11 is 0. The molecular weight excluding hydrogens is 248 g/mol. The molecule has 0 bridgehead atoms. The molecule has 1 aromatic carbocycles. The smallest absolute Gasteiger partial charge is 0.120 e. The Kier molecular flexibility index (Phi) is 5.06. The van der Waals surface area contributed by atoms with E-state index >= 15 is 0 Å². The summed E-state index contributed by atoms with van der Waals surface area (Å²) in [5.41, 5.74) is 3.81. The Bertz CT molecular complexity index is 457. The first-order chi connectivity index (χ1) is 9.50.